The van der Waals surface area contributed by atoms with Gasteiger partial charge in [-0.05, 0) is 39.7 Å². The number of likely N-dealkylation sites (N-methyl/N-ethyl adjacent to an activating group) is 1. The molecule has 1 aliphatic heterocycles. The molecule has 1 N–H and O–H groups in total. The molecule has 0 amide bonds. The van der Waals surface area contributed by atoms with E-state index in [1.165, 1.54) is 0 Å². The van der Waals surface area contributed by atoms with Gasteiger partial charge in [-0.3, -0.25) is 10.1 Å². The SMILES string of the molecule is CN[C@@]1(C(=O)[C@@H]2C=CCCC2)C(=O)O[C@@]1(C)C(C=O)CCCl. The quantitative estimate of drug-likeness (QED) is 0.253. The number of Topliss-reactive ketones (excluding diaryl/α,β-unsaturated/α-hetero) is 1. The molecule has 1 fully saturated rings. The number of carbonyl (C=O) groups excluding carboxylic acids is 3. The van der Waals surface area contributed by atoms with Gasteiger partial charge in [0, 0.05) is 11.8 Å². The lowest BCUT2D eigenvalue weighted by Gasteiger charge is -2.56. The van der Waals surface area contributed by atoms with E-state index in [0.29, 0.717) is 12.8 Å². The fraction of sp³-hybridized carbons (Fsp3) is 0.688. The zero-order valence-corrected chi connectivity index (χ0v) is 13.7. The van der Waals surface area contributed by atoms with Crippen LogP contribution in [0.1, 0.15) is 32.6 Å². The van der Waals surface area contributed by atoms with Crippen LogP contribution in [0.2, 0.25) is 0 Å². The van der Waals surface area contributed by atoms with Crippen LogP contribution in [0.25, 0.3) is 0 Å². The fourth-order valence-corrected chi connectivity index (χ4v) is 3.81. The molecular weight excluding hydrogens is 306 g/mol. The lowest BCUT2D eigenvalue weighted by atomic mass is 9.62. The van der Waals surface area contributed by atoms with Gasteiger partial charge in [-0.2, -0.15) is 0 Å². The molecule has 2 aliphatic rings. The summed E-state index contributed by atoms with van der Waals surface area (Å²) < 4.78 is 5.31. The Labute approximate surface area is 135 Å². The molecule has 2 rings (SSSR count). The number of hydrogen-bond acceptors (Lipinski definition) is 5. The number of alkyl halides is 1. The second-order valence-corrected chi connectivity index (χ2v) is 6.42. The number of carbonyl (C=O) groups is 3. The van der Waals surface area contributed by atoms with E-state index in [1.54, 1.807) is 14.0 Å². The van der Waals surface area contributed by atoms with Gasteiger partial charge >= 0.3 is 5.97 Å². The van der Waals surface area contributed by atoms with Crippen molar-refractivity contribution < 1.29 is 19.1 Å². The highest BCUT2D eigenvalue weighted by atomic mass is 35.5. The summed E-state index contributed by atoms with van der Waals surface area (Å²) in [4.78, 5) is 36.7. The van der Waals surface area contributed by atoms with Crippen molar-refractivity contribution in [2.75, 3.05) is 12.9 Å². The molecule has 4 atom stereocenters. The Bertz CT molecular complexity index is 506. The highest BCUT2D eigenvalue weighted by molar-refractivity contribution is 6.18. The number of ketones is 1. The second kappa shape index (κ2) is 6.50. The number of esters is 1. The number of aldehydes is 1. The molecule has 0 spiro atoms. The van der Waals surface area contributed by atoms with E-state index in [0.717, 1.165) is 19.1 Å². The molecule has 0 aromatic heterocycles. The number of allylic oxidation sites excluding steroid dienone is 2. The number of nitrogens with one attached hydrogen (secondary N) is 1. The first kappa shape index (κ1) is 17.2. The van der Waals surface area contributed by atoms with Crippen LogP contribution in [0.4, 0.5) is 0 Å². The standard InChI is InChI=1S/C16H22ClNO4/c1-15(12(10-19)8-9-17)16(18-2,14(21)22-15)13(20)11-6-4-3-5-7-11/h4,6,10-12,18H,3,5,7-9H2,1-2H3/t11-,12?,15+,16+/m1/s1. The Hall–Kier alpha value is -1.20. The van der Waals surface area contributed by atoms with Gasteiger partial charge in [0.1, 0.15) is 6.29 Å². The van der Waals surface area contributed by atoms with Gasteiger partial charge in [0.25, 0.3) is 0 Å². The summed E-state index contributed by atoms with van der Waals surface area (Å²) in [6, 6.07) is 0. The Morgan fingerprint density at radius 2 is 2.36 bits per heavy atom. The summed E-state index contributed by atoms with van der Waals surface area (Å²) in [7, 11) is 1.56. The van der Waals surface area contributed by atoms with E-state index >= 15 is 0 Å². The van der Waals surface area contributed by atoms with Crippen molar-refractivity contribution in [3.8, 4) is 0 Å². The molecule has 1 heterocycles. The largest absolute Gasteiger partial charge is 0.454 e. The van der Waals surface area contributed by atoms with E-state index in [-0.39, 0.29) is 17.6 Å². The predicted octanol–water partition coefficient (Wildman–Crippen LogP) is 1.63. The average molecular weight is 328 g/mol. The Kier molecular flexibility index (Phi) is 5.07. The first-order valence-corrected chi connectivity index (χ1v) is 8.16. The Balaban J connectivity index is 2.38. The fourth-order valence-electron chi connectivity index (χ4n) is 3.57. The highest BCUT2D eigenvalue weighted by Gasteiger charge is 2.73. The van der Waals surface area contributed by atoms with Crippen LogP contribution >= 0.6 is 11.6 Å². The molecule has 0 aromatic rings. The molecule has 1 saturated heterocycles. The molecule has 122 valence electrons. The van der Waals surface area contributed by atoms with Crippen molar-refractivity contribution >= 4 is 29.6 Å². The van der Waals surface area contributed by atoms with Gasteiger partial charge in [0.2, 0.25) is 5.54 Å². The van der Waals surface area contributed by atoms with Crippen molar-refractivity contribution in [2.24, 2.45) is 11.8 Å². The summed E-state index contributed by atoms with van der Waals surface area (Å²) in [6.07, 6.45) is 7.47. The zero-order valence-electron chi connectivity index (χ0n) is 12.9. The molecule has 0 aromatic carbocycles. The van der Waals surface area contributed by atoms with Crippen LogP contribution in [0.5, 0.6) is 0 Å². The van der Waals surface area contributed by atoms with Gasteiger partial charge in [-0.25, -0.2) is 4.79 Å². The number of halogens is 1. The van der Waals surface area contributed by atoms with Crippen LogP contribution in [-0.2, 0) is 19.1 Å². The van der Waals surface area contributed by atoms with Crippen molar-refractivity contribution in [1.29, 1.82) is 0 Å². The normalized spacial score (nSPS) is 35.4. The lowest BCUT2D eigenvalue weighted by Crippen LogP contribution is -2.83. The third-order valence-electron chi connectivity index (χ3n) is 4.98. The van der Waals surface area contributed by atoms with E-state index in [2.05, 4.69) is 5.32 Å². The van der Waals surface area contributed by atoms with Gasteiger partial charge in [0.15, 0.2) is 11.4 Å². The monoisotopic (exact) mass is 327 g/mol. The van der Waals surface area contributed by atoms with Gasteiger partial charge in [-0.1, -0.05) is 12.2 Å². The maximum Gasteiger partial charge on any atom is 0.339 e. The third-order valence-corrected chi connectivity index (χ3v) is 5.20. The summed E-state index contributed by atoms with van der Waals surface area (Å²) >= 11 is 5.75. The maximum atomic E-state index is 13.0. The van der Waals surface area contributed by atoms with E-state index in [9.17, 15) is 14.4 Å². The minimum atomic E-state index is -1.48. The molecule has 0 saturated carbocycles. The average Bonchev–Trinajstić information content (AvgIpc) is 2.53. The summed E-state index contributed by atoms with van der Waals surface area (Å²) in [6.45, 7) is 1.64. The topological polar surface area (TPSA) is 72.5 Å². The predicted molar refractivity (Wildman–Crippen MR) is 82.7 cm³/mol. The van der Waals surface area contributed by atoms with E-state index in [1.807, 2.05) is 12.2 Å². The molecule has 6 heteroatoms. The van der Waals surface area contributed by atoms with Crippen molar-refractivity contribution in [2.45, 2.75) is 43.7 Å². The van der Waals surface area contributed by atoms with Crippen LogP contribution in [0.15, 0.2) is 12.2 Å². The molecule has 1 aliphatic carbocycles. The lowest BCUT2D eigenvalue weighted by molar-refractivity contribution is -0.229. The first-order chi connectivity index (χ1) is 10.5. The minimum Gasteiger partial charge on any atom is -0.454 e. The molecule has 5 nitrogen and oxygen atoms in total. The summed E-state index contributed by atoms with van der Waals surface area (Å²) in [5, 5.41) is 2.87. The van der Waals surface area contributed by atoms with Crippen LogP contribution in [0.3, 0.4) is 0 Å². The Morgan fingerprint density at radius 1 is 1.64 bits per heavy atom. The van der Waals surface area contributed by atoms with Crippen LogP contribution in [-0.4, -0.2) is 42.1 Å². The van der Waals surface area contributed by atoms with Gasteiger partial charge in [-0.15, -0.1) is 11.6 Å². The minimum absolute atomic E-state index is 0.217. The van der Waals surface area contributed by atoms with Gasteiger partial charge < -0.3 is 9.53 Å². The van der Waals surface area contributed by atoms with Crippen LogP contribution in [0, 0.1) is 11.8 Å². The van der Waals surface area contributed by atoms with Crippen molar-refractivity contribution in [1.82, 2.24) is 5.32 Å². The van der Waals surface area contributed by atoms with Gasteiger partial charge in [0.05, 0.1) is 5.92 Å². The third kappa shape index (κ3) is 2.31. The number of rotatable bonds is 7. The second-order valence-electron chi connectivity index (χ2n) is 6.05. The summed E-state index contributed by atoms with van der Waals surface area (Å²) in [5.74, 6) is -1.51. The smallest absolute Gasteiger partial charge is 0.339 e. The molecule has 22 heavy (non-hydrogen) atoms. The van der Waals surface area contributed by atoms with Crippen molar-refractivity contribution in [3.63, 3.8) is 0 Å². The van der Waals surface area contributed by atoms with E-state index < -0.39 is 23.0 Å². The highest BCUT2D eigenvalue weighted by Crippen LogP contribution is 2.47. The Morgan fingerprint density at radius 3 is 2.82 bits per heavy atom. The molecular formula is C16H22ClNO4. The number of ether oxygens (including phenoxy) is 1. The number of hydrogen-bond donors (Lipinski definition) is 1. The zero-order chi connectivity index (χ0) is 16.4. The molecule has 1 unspecified atom stereocenters. The molecule has 0 radical (unpaired) electrons. The van der Waals surface area contributed by atoms with Crippen LogP contribution < -0.4 is 5.32 Å². The maximum absolute atomic E-state index is 13.0. The van der Waals surface area contributed by atoms with E-state index in [4.69, 9.17) is 16.3 Å². The summed E-state index contributed by atoms with van der Waals surface area (Å²) in [5.41, 5.74) is -2.67. The molecule has 0 bridgehead atoms. The van der Waals surface area contributed by atoms with Crippen molar-refractivity contribution in [3.05, 3.63) is 12.2 Å². The first-order valence-electron chi connectivity index (χ1n) is 7.62. The number of cyclic esters (lactones) is 1.